The molecule has 7 nitrogen and oxygen atoms in total. The van der Waals surface area contributed by atoms with Crippen LogP contribution in [0.5, 0.6) is 5.75 Å². The third-order valence-electron chi connectivity index (χ3n) is 4.06. The van der Waals surface area contributed by atoms with Gasteiger partial charge in [0.15, 0.2) is 5.75 Å². The van der Waals surface area contributed by atoms with Crippen LogP contribution in [0, 0.1) is 17.0 Å². The van der Waals surface area contributed by atoms with Crippen molar-refractivity contribution in [1.29, 1.82) is 0 Å². The Hall–Kier alpha value is -2.15. The van der Waals surface area contributed by atoms with Crippen LogP contribution in [-0.4, -0.2) is 46.5 Å². The van der Waals surface area contributed by atoms with E-state index in [-0.39, 0.29) is 17.5 Å². The van der Waals surface area contributed by atoms with Crippen molar-refractivity contribution >= 4 is 11.6 Å². The Balaban J connectivity index is 2.34. The molecule has 1 fully saturated rings. The van der Waals surface area contributed by atoms with Crippen LogP contribution in [0.25, 0.3) is 0 Å². The minimum absolute atomic E-state index is 0.0958. The lowest BCUT2D eigenvalue weighted by molar-refractivity contribution is -0.385. The number of piperidine rings is 1. The summed E-state index contributed by atoms with van der Waals surface area (Å²) in [6.07, 6.45) is 1.93. The number of phenolic OH excluding ortho intramolecular Hbond substituents is 1. The number of nitro groups is 1. The summed E-state index contributed by atoms with van der Waals surface area (Å²) in [6.45, 7) is 5.80. The van der Waals surface area contributed by atoms with Crippen LogP contribution in [0.15, 0.2) is 12.1 Å². The summed E-state index contributed by atoms with van der Waals surface area (Å²) in [6, 6.07) is 2.54. The number of nitrogens with zero attached hydrogens (tertiary/aromatic N) is 2. The number of likely N-dealkylation sites (N-methyl/N-ethyl adjacent to an activating group) is 1. The van der Waals surface area contributed by atoms with Crippen LogP contribution in [0.1, 0.15) is 35.7 Å². The predicted octanol–water partition coefficient (Wildman–Crippen LogP) is 1.82. The van der Waals surface area contributed by atoms with E-state index in [0.717, 1.165) is 25.9 Å². The molecule has 2 N–H and O–H groups in total. The first-order chi connectivity index (χ1) is 10.5. The number of rotatable bonds is 4. The van der Waals surface area contributed by atoms with Crippen LogP contribution in [-0.2, 0) is 0 Å². The van der Waals surface area contributed by atoms with Gasteiger partial charge in [-0.3, -0.25) is 14.9 Å². The molecule has 1 aliphatic rings. The van der Waals surface area contributed by atoms with Gasteiger partial charge in [0.05, 0.1) is 4.92 Å². The van der Waals surface area contributed by atoms with E-state index in [1.807, 2.05) is 6.92 Å². The first kappa shape index (κ1) is 16.2. The number of nitrogens with one attached hydrogen (secondary N) is 1. The second-order valence-electron chi connectivity index (χ2n) is 5.50. The second-order valence-corrected chi connectivity index (χ2v) is 5.50. The number of hydrogen-bond donors (Lipinski definition) is 2. The lowest BCUT2D eigenvalue weighted by Crippen LogP contribution is -2.48. The van der Waals surface area contributed by atoms with Gasteiger partial charge >= 0.3 is 5.69 Å². The molecule has 7 heteroatoms. The maximum absolute atomic E-state index is 12.8. The summed E-state index contributed by atoms with van der Waals surface area (Å²) in [7, 11) is 0. The Bertz CT molecular complexity index is 582. The second kappa shape index (κ2) is 6.74. The van der Waals surface area contributed by atoms with Gasteiger partial charge in [0.2, 0.25) is 0 Å². The van der Waals surface area contributed by atoms with Crippen molar-refractivity contribution < 1.29 is 14.8 Å². The molecule has 1 heterocycles. The van der Waals surface area contributed by atoms with Crippen LogP contribution < -0.4 is 5.32 Å². The largest absolute Gasteiger partial charge is 0.502 e. The Kier molecular flexibility index (Phi) is 4.97. The molecule has 0 saturated carbocycles. The van der Waals surface area contributed by atoms with E-state index in [1.54, 1.807) is 11.8 Å². The van der Waals surface area contributed by atoms with Gasteiger partial charge in [0.1, 0.15) is 0 Å². The smallest absolute Gasteiger partial charge is 0.311 e. The molecule has 1 aliphatic heterocycles. The van der Waals surface area contributed by atoms with Crippen molar-refractivity contribution in [2.75, 3.05) is 19.6 Å². The zero-order chi connectivity index (χ0) is 16.3. The molecule has 0 bridgehead atoms. The van der Waals surface area contributed by atoms with Gasteiger partial charge in [-0.25, -0.2) is 0 Å². The van der Waals surface area contributed by atoms with E-state index in [0.29, 0.717) is 12.1 Å². The average molecular weight is 307 g/mol. The van der Waals surface area contributed by atoms with Gasteiger partial charge in [0.25, 0.3) is 5.91 Å². The molecule has 1 saturated heterocycles. The van der Waals surface area contributed by atoms with Crippen LogP contribution >= 0.6 is 0 Å². The number of benzene rings is 1. The number of hydrogen-bond acceptors (Lipinski definition) is 5. The summed E-state index contributed by atoms with van der Waals surface area (Å²) in [5, 5.41) is 23.9. The van der Waals surface area contributed by atoms with Gasteiger partial charge in [0, 0.05) is 30.8 Å². The SMILES string of the molecule is CCN(C(=O)c1cc([N+](=O)[O-])c(O)cc1C)C1CCCNC1. The number of amides is 1. The number of aromatic hydroxyl groups is 1. The van der Waals surface area contributed by atoms with E-state index < -0.39 is 16.4 Å². The van der Waals surface area contributed by atoms with Gasteiger partial charge in [-0.05, 0) is 44.9 Å². The molecule has 1 aromatic rings. The first-order valence-corrected chi connectivity index (χ1v) is 7.45. The Labute approximate surface area is 129 Å². The molecule has 0 spiro atoms. The Morgan fingerprint density at radius 3 is 2.82 bits per heavy atom. The molecular weight excluding hydrogens is 286 g/mol. The maximum atomic E-state index is 12.8. The lowest BCUT2D eigenvalue weighted by atomic mass is 10.0. The third-order valence-corrected chi connectivity index (χ3v) is 4.06. The zero-order valence-corrected chi connectivity index (χ0v) is 12.8. The highest BCUT2D eigenvalue weighted by atomic mass is 16.6. The molecule has 1 amide bonds. The molecule has 1 unspecified atom stereocenters. The van der Waals surface area contributed by atoms with E-state index >= 15 is 0 Å². The molecule has 2 rings (SSSR count). The molecule has 120 valence electrons. The monoisotopic (exact) mass is 307 g/mol. The number of nitro benzene ring substituents is 1. The van der Waals surface area contributed by atoms with Gasteiger partial charge in [-0.15, -0.1) is 0 Å². The van der Waals surface area contributed by atoms with Crippen molar-refractivity contribution in [3.05, 3.63) is 33.4 Å². The summed E-state index contributed by atoms with van der Waals surface area (Å²) in [5.74, 6) is -0.641. The van der Waals surface area contributed by atoms with Crippen molar-refractivity contribution in [3.63, 3.8) is 0 Å². The molecule has 0 aromatic heterocycles. The molecule has 0 radical (unpaired) electrons. The Morgan fingerprint density at radius 1 is 1.55 bits per heavy atom. The fraction of sp³-hybridized carbons (Fsp3) is 0.533. The zero-order valence-electron chi connectivity index (χ0n) is 12.8. The van der Waals surface area contributed by atoms with E-state index in [1.165, 1.54) is 12.1 Å². The first-order valence-electron chi connectivity index (χ1n) is 7.45. The topological polar surface area (TPSA) is 95.7 Å². The number of carbonyl (C=O) groups excluding carboxylic acids is 1. The average Bonchev–Trinajstić information content (AvgIpc) is 2.48. The maximum Gasteiger partial charge on any atom is 0.311 e. The molecule has 1 atom stereocenters. The summed E-state index contributed by atoms with van der Waals surface area (Å²) in [5.41, 5.74) is 0.374. The van der Waals surface area contributed by atoms with Crippen molar-refractivity contribution in [1.82, 2.24) is 10.2 Å². The van der Waals surface area contributed by atoms with Crippen molar-refractivity contribution in [2.45, 2.75) is 32.7 Å². The number of carbonyl (C=O) groups is 1. The molecule has 22 heavy (non-hydrogen) atoms. The van der Waals surface area contributed by atoms with Crippen molar-refractivity contribution in [2.24, 2.45) is 0 Å². The molecule has 0 aliphatic carbocycles. The minimum atomic E-state index is -0.677. The number of phenols is 1. The van der Waals surface area contributed by atoms with E-state index in [4.69, 9.17) is 0 Å². The van der Waals surface area contributed by atoms with Crippen LogP contribution in [0.2, 0.25) is 0 Å². The van der Waals surface area contributed by atoms with Crippen LogP contribution in [0.4, 0.5) is 5.69 Å². The Morgan fingerprint density at radius 2 is 2.27 bits per heavy atom. The quantitative estimate of drug-likeness (QED) is 0.653. The fourth-order valence-electron chi connectivity index (χ4n) is 2.88. The highest BCUT2D eigenvalue weighted by Gasteiger charge is 2.28. The summed E-state index contributed by atoms with van der Waals surface area (Å²) >= 11 is 0. The van der Waals surface area contributed by atoms with Gasteiger partial charge in [-0.2, -0.15) is 0 Å². The van der Waals surface area contributed by atoms with E-state index in [9.17, 15) is 20.0 Å². The van der Waals surface area contributed by atoms with E-state index in [2.05, 4.69) is 5.32 Å². The predicted molar refractivity (Wildman–Crippen MR) is 82.1 cm³/mol. The van der Waals surface area contributed by atoms with Gasteiger partial charge < -0.3 is 15.3 Å². The third kappa shape index (κ3) is 3.19. The fourth-order valence-corrected chi connectivity index (χ4v) is 2.88. The van der Waals surface area contributed by atoms with Crippen LogP contribution in [0.3, 0.4) is 0 Å². The molecular formula is C15H21N3O4. The number of aryl methyl sites for hydroxylation is 1. The minimum Gasteiger partial charge on any atom is -0.502 e. The van der Waals surface area contributed by atoms with Gasteiger partial charge in [-0.1, -0.05) is 0 Å². The standard InChI is InChI=1S/C15H21N3O4/c1-3-17(11-5-4-6-16-9-11)15(20)12-8-13(18(21)22)14(19)7-10(12)2/h7-8,11,16,19H,3-6,9H2,1-2H3. The molecule has 1 aromatic carbocycles. The van der Waals surface area contributed by atoms with Crippen molar-refractivity contribution in [3.8, 4) is 5.75 Å². The normalized spacial score (nSPS) is 18.0. The highest BCUT2D eigenvalue weighted by Crippen LogP contribution is 2.30. The summed E-state index contributed by atoms with van der Waals surface area (Å²) in [4.78, 5) is 24.8. The lowest BCUT2D eigenvalue weighted by Gasteiger charge is -2.34. The highest BCUT2D eigenvalue weighted by molar-refractivity contribution is 5.97. The summed E-state index contributed by atoms with van der Waals surface area (Å²) < 4.78 is 0.